The van der Waals surface area contributed by atoms with Crippen LogP contribution in [0.1, 0.15) is 35.4 Å². The van der Waals surface area contributed by atoms with Crippen LogP contribution in [-0.2, 0) is 29.5 Å². The van der Waals surface area contributed by atoms with E-state index in [1.54, 1.807) is 19.1 Å². The van der Waals surface area contributed by atoms with Gasteiger partial charge in [-0.2, -0.15) is 0 Å². The maximum absolute atomic E-state index is 13.2. The number of halogens is 1. The van der Waals surface area contributed by atoms with Crippen LogP contribution in [0.2, 0.25) is 5.02 Å². The molecular formula is C25H27ClN4O4S. The molecule has 0 saturated carbocycles. The minimum absolute atomic E-state index is 0.0824. The summed E-state index contributed by atoms with van der Waals surface area (Å²) in [5, 5.41) is 0.376. The number of fused-ring (bicyclic) bond motifs is 2. The Hall–Kier alpha value is -3.04. The van der Waals surface area contributed by atoms with E-state index in [1.165, 1.54) is 6.07 Å². The van der Waals surface area contributed by atoms with Crippen LogP contribution in [0.5, 0.6) is 11.6 Å². The minimum Gasteiger partial charge on any atom is -0.490 e. The van der Waals surface area contributed by atoms with Gasteiger partial charge in [-0.1, -0.05) is 23.7 Å². The Morgan fingerprint density at radius 1 is 1.14 bits per heavy atom. The molecule has 2 aromatic carbocycles. The van der Waals surface area contributed by atoms with Crippen molar-refractivity contribution >= 4 is 33.1 Å². The van der Waals surface area contributed by atoms with Gasteiger partial charge in [-0.15, -0.1) is 0 Å². The van der Waals surface area contributed by atoms with Crippen molar-refractivity contribution in [3.05, 3.63) is 63.9 Å². The topological polar surface area (TPSA) is 93.7 Å². The second-order valence-electron chi connectivity index (χ2n) is 8.81. The molecule has 184 valence electrons. The zero-order valence-corrected chi connectivity index (χ0v) is 21.2. The van der Waals surface area contributed by atoms with E-state index in [-0.39, 0.29) is 23.2 Å². The zero-order valence-electron chi connectivity index (χ0n) is 19.7. The molecular weight excluding hydrogens is 488 g/mol. The number of benzene rings is 2. The molecule has 1 aliphatic carbocycles. The van der Waals surface area contributed by atoms with Crippen LogP contribution in [0.4, 0.5) is 11.5 Å². The first kappa shape index (κ1) is 23.7. The predicted octanol–water partition coefficient (Wildman–Crippen LogP) is 4.53. The number of hydrogen-bond acceptors (Lipinski definition) is 7. The van der Waals surface area contributed by atoms with E-state index in [4.69, 9.17) is 21.1 Å². The van der Waals surface area contributed by atoms with Gasteiger partial charge in [0.15, 0.2) is 0 Å². The number of nitrogens with zero attached hydrogens (tertiary/aromatic N) is 3. The van der Waals surface area contributed by atoms with E-state index in [2.05, 4.69) is 19.6 Å². The van der Waals surface area contributed by atoms with E-state index < -0.39 is 10.0 Å². The van der Waals surface area contributed by atoms with Crippen molar-refractivity contribution in [1.29, 1.82) is 0 Å². The number of nitrogens with one attached hydrogen (secondary N) is 1. The number of aromatic nitrogens is 2. The lowest BCUT2D eigenvalue weighted by molar-refractivity contribution is 0.288. The standard InChI is InChI=1S/C25H27ClN4O4S/c1-16-18(26)6-5-9-23(16)35(31,32)29-24-25(28-20-8-4-3-7-19(20)27-24)34-15-17-10-11-21-22(14-17)33-13-12-30(21)2/h5-6,9-11,14H,3-4,7-8,12-13,15H2,1-2H3,(H,27,29). The third-order valence-corrected chi connectivity index (χ3v) is 8.22. The summed E-state index contributed by atoms with van der Waals surface area (Å²) in [7, 11) is -1.93. The van der Waals surface area contributed by atoms with Crippen LogP contribution < -0.4 is 19.1 Å². The van der Waals surface area contributed by atoms with Gasteiger partial charge < -0.3 is 14.4 Å². The number of rotatable bonds is 6. The molecule has 8 nitrogen and oxygen atoms in total. The Balaban J connectivity index is 1.45. The lowest BCUT2D eigenvalue weighted by Gasteiger charge is -2.28. The number of aryl methyl sites for hydroxylation is 2. The number of ether oxygens (including phenoxy) is 2. The summed E-state index contributed by atoms with van der Waals surface area (Å²) in [6.45, 7) is 3.32. The first-order valence-corrected chi connectivity index (χ1v) is 13.5. The average Bonchev–Trinajstić information content (AvgIpc) is 2.84. The van der Waals surface area contributed by atoms with Gasteiger partial charge in [-0.3, -0.25) is 4.72 Å². The maximum Gasteiger partial charge on any atom is 0.263 e. The Labute approximate surface area is 210 Å². The van der Waals surface area contributed by atoms with Gasteiger partial charge >= 0.3 is 0 Å². The molecule has 10 heteroatoms. The van der Waals surface area contributed by atoms with Gasteiger partial charge in [-0.25, -0.2) is 18.4 Å². The van der Waals surface area contributed by atoms with Crippen LogP contribution in [0.25, 0.3) is 0 Å². The maximum atomic E-state index is 13.2. The molecule has 0 saturated heterocycles. The average molecular weight is 515 g/mol. The summed E-state index contributed by atoms with van der Waals surface area (Å²) in [4.78, 5) is 11.5. The fourth-order valence-corrected chi connectivity index (χ4v) is 5.84. The third kappa shape index (κ3) is 4.88. The van der Waals surface area contributed by atoms with E-state index in [1.807, 2.05) is 25.2 Å². The SMILES string of the molecule is Cc1c(Cl)cccc1S(=O)(=O)Nc1nc2c(nc1OCc1ccc3c(c1)OCCN3C)CCCC2. The predicted molar refractivity (Wildman–Crippen MR) is 135 cm³/mol. The highest BCUT2D eigenvalue weighted by Crippen LogP contribution is 2.33. The Kier molecular flexibility index (Phi) is 6.46. The largest absolute Gasteiger partial charge is 0.490 e. The second kappa shape index (κ2) is 9.54. The van der Waals surface area contributed by atoms with Crippen molar-refractivity contribution in [3.8, 4) is 11.6 Å². The number of anilines is 2. The first-order valence-electron chi connectivity index (χ1n) is 11.6. The molecule has 5 rings (SSSR count). The summed E-state index contributed by atoms with van der Waals surface area (Å²) in [6.07, 6.45) is 3.55. The van der Waals surface area contributed by atoms with Crippen LogP contribution in [0.3, 0.4) is 0 Å². The Morgan fingerprint density at radius 2 is 1.91 bits per heavy atom. The lowest BCUT2D eigenvalue weighted by atomic mass is 10.0. The molecule has 35 heavy (non-hydrogen) atoms. The summed E-state index contributed by atoms with van der Waals surface area (Å²) in [5.41, 5.74) is 4.03. The number of hydrogen-bond donors (Lipinski definition) is 1. The monoisotopic (exact) mass is 514 g/mol. The highest BCUT2D eigenvalue weighted by Gasteiger charge is 2.25. The molecule has 0 atom stereocenters. The van der Waals surface area contributed by atoms with Crippen LogP contribution >= 0.6 is 11.6 Å². The van der Waals surface area contributed by atoms with Crippen LogP contribution in [0.15, 0.2) is 41.3 Å². The molecule has 0 radical (unpaired) electrons. The van der Waals surface area contributed by atoms with Crippen molar-refractivity contribution in [1.82, 2.24) is 9.97 Å². The summed E-state index contributed by atoms with van der Waals surface area (Å²) in [5.74, 6) is 1.04. The van der Waals surface area contributed by atoms with Crippen molar-refractivity contribution in [2.24, 2.45) is 0 Å². The smallest absolute Gasteiger partial charge is 0.263 e. The van der Waals surface area contributed by atoms with Crippen LogP contribution in [0, 0.1) is 6.92 Å². The molecule has 0 spiro atoms. The number of sulfonamides is 1. The normalized spacial score (nSPS) is 15.1. The van der Waals surface area contributed by atoms with Gasteiger partial charge in [0.25, 0.3) is 15.9 Å². The van der Waals surface area contributed by atoms with E-state index in [0.29, 0.717) is 17.2 Å². The first-order chi connectivity index (χ1) is 16.8. The molecule has 0 fully saturated rings. The van der Waals surface area contributed by atoms with Gasteiger partial charge in [0.1, 0.15) is 19.0 Å². The third-order valence-electron chi connectivity index (χ3n) is 6.33. The molecule has 0 bridgehead atoms. The molecule has 0 amide bonds. The van der Waals surface area contributed by atoms with Gasteiger partial charge in [-0.05, 0) is 68.0 Å². The number of likely N-dealkylation sites (N-methyl/N-ethyl adjacent to an activating group) is 1. The fourth-order valence-electron chi connectivity index (χ4n) is 4.34. The van der Waals surface area contributed by atoms with Crippen molar-refractivity contribution in [2.45, 2.75) is 44.1 Å². The van der Waals surface area contributed by atoms with Crippen molar-refractivity contribution in [3.63, 3.8) is 0 Å². The van der Waals surface area contributed by atoms with Crippen molar-refractivity contribution in [2.75, 3.05) is 29.8 Å². The quantitative estimate of drug-likeness (QED) is 0.516. The summed E-state index contributed by atoms with van der Waals surface area (Å²) in [6, 6.07) is 10.7. The Morgan fingerprint density at radius 3 is 2.71 bits per heavy atom. The van der Waals surface area contributed by atoms with Gasteiger partial charge in [0.2, 0.25) is 5.82 Å². The molecule has 2 heterocycles. The van der Waals surface area contributed by atoms with Crippen LogP contribution in [-0.4, -0.2) is 38.6 Å². The second-order valence-corrected chi connectivity index (χ2v) is 10.9. The van der Waals surface area contributed by atoms with Gasteiger partial charge in [0.05, 0.1) is 28.5 Å². The minimum atomic E-state index is -3.96. The zero-order chi connectivity index (χ0) is 24.6. The molecule has 2 aliphatic rings. The van der Waals surface area contributed by atoms with Crippen molar-refractivity contribution < 1.29 is 17.9 Å². The van der Waals surface area contributed by atoms with E-state index >= 15 is 0 Å². The molecule has 1 N–H and O–H groups in total. The molecule has 0 unspecified atom stereocenters. The van der Waals surface area contributed by atoms with Gasteiger partial charge in [0, 0.05) is 12.1 Å². The molecule has 3 aromatic rings. The molecule has 1 aromatic heterocycles. The summed E-state index contributed by atoms with van der Waals surface area (Å²) < 4.78 is 40.9. The Bertz CT molecular complexity index is 1380. The molecule has 1 aliphatic heterocycles. The van der Waals surface area contributed by atoms with E-state index in [9.17, 15) is 8.42 Å². The lowest BCUT2D eigenvalue weighted by Crippen LogP contribution is -2.28. The van der Waals surface area contributed by atoms with E-state index in [0.717, 1.165) is 60.6 Å². The summed E-state index contributed by atoms with van der Waals surface area (Å²) >= 11 is 6.17. The fraction of sp³-hybridized carbons (Fsp3) is 0.360. The highest BCUT2D eigenvalue weighted by molar-refractivity contribution is 7.92. The highest BCUT2D eigenvalue weighted by atomic mass is 35.5.